The Morgan fingerprint density at radius 3 is 2.22 bits per heavy atom. The first-order valence-electron chi connectivity index (χ1n) is 11.1. The van der Waals surface area contributed by atoms with Gasteiger partial charge in [-0.2, -0.15) is 0 Å². The van der Waals surface area contributed by atoms with Crippen LogP contribution in [0.5, 0.6) is 11.5 Å². The highest BCUT2D eigenvalue weighted by molar-refractivity contribution is 7.80. The molecular formula is C27H22Cl2N2O5S. The fourth-order valence-electron chi connectivity index (χ4n) is 3.64. The molecule has 1 aliphatic rings. The molecule has 0 aromatic heterocycles. The molecule has 0 unspecified atom stereocenters. The minimum atomic E-state index is -0.539. The van der Waals surface area contributed by atoms with Gasteiger partial charge < -0.3 is 19.1 Å². The zero-order valence-electron chi connectivity index (χ0n) is 19.9. The normalized spacial score (nSPS) is 14.3. The zero-order valence-corrected chi connectivity index (χ0v) is 22.3. The Morgan fingerprint density at radius 2 is 1.59 bits per heavy atom. The van der Waals surface area contributed by atoms with Gasteiger partial charge in [0.05, 0.1) is 19.9 Å². The lowest BCUT2D eigenvalue weighted by Crippen LogP contribution is -2.35. The van der Waals surface area contributed by atoms with Crippen LogP contribution < -0.4 is 14.4 Å². The molecule has 0 aliphatic carbocycles. The standard InChI is InChI=1S/C27H22Cl2N2O5S/c1-34-24-14-18(5-12-23(24)36-16-17-3-6-19(28)7-4-17)13-22-26(33)31(21-10-8-20(29)9-11-21)27(37)30(22)15-25(32)35-2/h3-14H,15-16H2,1-2H3/b22-13-. The van der Waals surface area contributed by atoms with Crippen LogP contribution in [0, 0.1) is 0 Å². The molecule has 1 amide bonds. The molecule has 0 saturated carbocycles. The van der Waals surface area contributed by atoms with Crippen molar-refractivity contribution in [2.45, 2.75) is 6.61 Å². The number of amides is 1. The van der Waals surface area contributed by atoms with E-state index >= 15 is 0 Å². The van der Waals surface area contributed by atoms with Crippen molar-refractivity contribution in [3.63, 3.8) is 0 Å². The molecule has 0 bridgehead atoms. The van der Waals surface area contributed by atoms with Crippen molar-refractivity contribution in [3.8, 4) is 11.5 Å². The Bertz CT molecular complexity index is 1360. The van der Waals surface area contributed by atoms with Gasteiger partial charge in [-0.3, -0.25) is 14.5 Å². The smallest absolute Gasteiger partial charge is 0.325 e. The largest absolute Gasteiger partial charge is 0.493 e. The first-order chi connectivity index (χ1) is 17.8. The maximum Gasteiger partial charge on any atom is 0.325 e. The third-order valence-corrected chi connectivity index (χ3v) is 6.44. The summed E-state index contributed by atoms with van der Waals surface area (Å²) in [5, 5.41) is 1.32. The van der Waals surface area contributed by atoms with Crippen LogP contribution in [0.4, 0.5) is 5.69 Å². The lowest BCUT2D eigenvalue weighted by molar-refractivity contribution is -0.140. The summed E-state index contributed by atoms with van der Waals surface area (Å²) < 4.78 is 16.3. The van der Waals surface area contributed by atoms with Gasteiger partial charge in [-0.1, -0.05) is 41.4 Å². The first-order valence-corrected chi connectivity index (χ1v) is 12.2. The number of carbonyl (C=O) groups excluding carboxylic acids is 2. The summed E-state index contributed by atoms with van der Waals surface area (Å²) in [4.78, 5) is 28.4. The number of hydrogen-bond donors (Lipinski definition) is 0. The van der Waals surface area contributed by atoms with Crippen molar-refractivity contribution in [1.29, 1.82) is 0 Å². The third-order valence-electron chi connectivity index (χ3n) is 5.53. The summed E-state index contributed by atoms with van der Waals surface area (Å²) in [5.74, 6) is 0.0771. The van der Waals surface area contributed by atoms with Gasteiger partial charge >= 0.3 is 5.97 Å². The molecule has 0 N–H and O–H groups in total. The van der Waals surface area contributed by atoms with Crippen LogP contribution in [-0.4, -0.2) is 42.7 Å². The molecule has 1 heterocycles. The molecule has 1 fully saturated rings. The molecule has 0 radical (unpaired) electrons. The molecule has 0 spiro atoms. The van der Waals surface area contributed by atoms with E-state index in [1.54, 1.807) is 60.7 Å². The van der Waals surface area contributed by atoms with E-state index in [9.17, 15) is 9.59 Å². The van der Waals surface area contributed by atoms with Crippen molar-refractivity contribution in [2.24, 2.45) is 0 Å². The fourth-order valence-corrected chi connectivity index (χ4v) is 4.24. The summed E-state index contributed by atoms with van der Waals surface area (Å²) in [6, 6.07) is 19.3. The second-order valence-corrected chi connectivity index (χ2v) is 9.15. The quantitative estimate of drug-likeness (QED) is 0.199. The fraction of sp³-hybridized carbons (Fsp3) is 0.148. The number of anilines is 1. The third kappa shape index (κ3) is 6.05. The highest BCUT2D eigenvalue weighted by atomic mass is 35.5. The number of thiocarbonyl (C=S) groups is 1. The maximum absolute atomic E-state index is 13.5. The van der Waals surface area contributed by atoms with Gasteiger partial charge in [0.2, 0.25) is 0 Å². The molecular weight excluding hydrogens is 535 g/mol. The zero-order chi connectivity index (χ0) is 26.5. The Balaban J connectivity index is 1.64. The molecule has 3 aromatic rings. The number of halogens is 2. The molecule has 7 nitrogen and oxygen atoms in total. The summed E-state index contributed by atoms with van der Waals surface area (Å²) in [5.41, 5.74) is 2.33. The summed E-state index contributed by atoms with van der Waals surface area (Å²) >= 11 is 17.5. The highest BCUT2D eigenvalue weighted by Gasteiger charge is 2.40. The van der Waals surface area contributed by atoms with Crippen LogP contribution in [0.15, 0.2) is 72.4 Å². The molecule has 0 atom stereocenters. The van der Waals surface area contributed by atoms with Gasteiger partial charge in [-0.05, 0) is 78.0 Å². The predicted octanol–water partition coefficient (Wildman–Crippen LogP) is 5.73. The molecule has 4 rings (SSSR count). The Morgan fingerprint density at radius 1 is 0.946 bits per heavy atom. The average molecular weight is 557 g/mol. The Labute approximate surface area is 229 Å². The maximum atomic E-state index is 13.5. The molecule has 1 aliphatic heterocycles. The van der Waals surface area contributed by atoms with E-state index in [0.717, 1.165) is 5.56 Å². The lowest BCUT2D eigenvalue weighted by Gasteiger charge is -2.19. The molecule has 3 aromatic carbocycles. The number of carbonyl (C=O) groups is 2. The highest BCUT2D eigenvalue weighted by Crippen LogP contribution is 2.33. The second-order valence-electron chi connectivity index (χ2n) is 7.92. The van der Waals surface area contributed by atoms with Crippen LogP contribution in [-0.2, 0) is 20.9 Å². The predicted molar refractivity (Wildman–Crippen MR) is 147 cm³/mol. The number of benzene rings is 3. The van der Waals surface area contributed by atoms with Crippen LogP contribution >= 0.6 is 35.4 Å². The molecule has 190 valence electrons. The van der Waals surface area contributed by atoms with E-state index in [1.807, 2.05) is 12.1 Å². The van der Waals surface area contributed by atoms with Gasteiger partial charge in [0.15, 0.2) is 16.6 Å². The van der Waals surface area contributed by atoms with E-state index in [1.165, 1.54) is 24.0 Å². The van der Waals surface area contributed by atoms with Gasteiger partial charge in [0.25, 0.3) is 5.91 Å². The number of ether oxygens (including phenoxy) is 3. The molecule has 37 heavy (non-hydrogen) atoms. The number of nitrogens with zero attached hydrogens (tertiary/aromatic N) is 2. The first kappa shape index (κ1) is 26.5. The summed E-state index contributed by atoms with van der Waals surface area (Å²) in [6.45, 7) is 0.0973. The van der Waals surface area contributed by atoms with E-state index in [4.69, 9.17) is 49.6 Å². The minimum absolute atomic E-state index is 0.152. The van der Waals surface area contributed by atoms with Gasteiger partial charge in [-0.15, -0.1) is 0 Å². The van der Waals surface area contributed by atoms with Crippen molar-refractivity contribution >= 4 is 64.2 Å². The van der Waals surface area contributed by atoms with E-state index in [-0.39, 0.29) is 17.4 Å². The van der Waals surface area contributed by atoms with Crippen LogP contribution in [0.2, 0.25) is 10.0 Å². The minimum Gasteiger partial charge on any atom is -0.493 e. The van der Waals surface area contributed by atoms with Gasteiger partial charge in [0, 0.05) is 10.0 Å². The summed E-state index contributed by atoms with van der Waals surface area (Å²) in [6.07, 6.45) is 1.64. The van der Waals surface area contributed by atoms with Crippen molar-refractivity contribution in [2.75, 3.05) is 25.7 Å². The van der Waals surface area contributed by atoms with Crippen LogP contribution in [0.1, 0.15) is 11.1 Å². The van der Waals surface area contributed by atoms with Crippen molar-refractivity contribution < 1.29 is 23.8 Å². The van der Waals surface area contributed by atoms with Crippen LogP contribution in [0.3, 0.4) is 0 Å². The van der Waals surface area contributed by atoms with Gasteiger partial charge in [0.1, 0.15) is 18.8 Å². The van der Waals surface area contributed by atoms with Crippen molar-refractivity contribution in [3.05, 3.63) is 93.6 Å². The van der Waals surface area contributed by atoms with Crippen LogP contribution in [0.25, 0.3) is 6.08 Å². The molecule has 10 heteroatoms. The van der Waals surface area contributed by atoms with Crippen molar-refractivity contribution in [1.82, 2.24) is 4.90 Å². The topological polar surface area (TPSA) is 68.3 Å². The van der Waals surface area contributed by atoms with Gasteiger partial charge in [-0.25, -0.2) is 0 Å². The summed E-state index contributed by atoms with van der Waals surface area (Å²) in [7, 11) is 2.81. The molecule has 1 saturated heterocycles. The van der Waals surface area contributed by atoms with E-state index in [2.05, 4.69) is 0 Å². The lowest BCUT2D eigenvalue weighted by atomic mass is 10.1. The number of rotatable bonds is 8. The van der Waals surface area contributed by atoms with E-state index < -0.39 is 11.9 Å². The Hall–Kier alpha value is -3.59. The van der Waals surface area contributed by atoms with E-state index in [0.29, 0.717) is 39.4 Å². The SMILES string of the molecule is COC(=O)CN1C(=S)N(c2ccc(Cl)cc2)C(=O)/C1=C/c1ccc(OCc2ccc(Cl)cc2)c(OC)c1. The number of methoxy groups -OCH3 is 2. The monoisotopic (exact) mass is 556 g/mol. The Kier molecular flexibility index (Phi) is 8.33. The second kappa shape index (κ2) is 11.6. The number of esters is 1. The number of hydrogen-bond acceptors (Lipinski definition) is 6. The average Bonchev–Trinajstić information content (AvgIpc) is 3.13.